The lowest BCUT2D eigenvalue weighted by Gasteiger charge is -2.36. The Morgan fingerprint density at radius 1 is 0.931 bits per heavy atom. The van der Waals surface area contributed by atoms with Gasteiger partial charge in [-0.1, -0.05) is 57.2 Å². The van der Waals surface area contributed by atoms with E-state index in [-0.39, 0.29) is 11.0 Å². The van der Waals surface area contributed by atoms with Gasteiger partial charge in [-0.15, -0.1) is 0 Å². The van der Waals surface area contributed by atoms with Crippen molar-refractivity contribution < 1.29 is 31.8 Å². The number of alkyl halides is 3. The Bertz CT molecular complexity index is 812. The average molecular weight is 428 g/mol. The van der Waals surface area contributed by atoms with E-state index in [0.29, 0.717) is 5.56 Å². The van der Waals surface area contributed by atoms with Gasteiger partial charge in [-0.3, -0.25) is 9.00 Å². The molecule has 0 bridgehead atoms. The molecule has 29 heavy (non-hydrogen) atoms. The summed E-state index contributed by atoms with van der Waals surface area (Å²) in [7, 11) is 0. The molecule has 0 saturated carbocycles. The first kappa shape index (κ1) is 23.1. The first-order valence-electron chi connectivity index (χ1n) is 8.63. The van der Waals surface area contributed by atoms with Gasteiger partial charge in [-0.25, -0.2) is 4.72 Å². The summed E-state index contributed by atoms with van der Waals surface area (Å²) >= 11 is -2.88. The van der Waals surface area contributed by atoms with E-state index < -0.39 is 40.9 Å². The standard InChI is InChI=1S/C20H22F3NO4S/c1-18(2,3)13-4-6-14(7-5-13)19(12-17(25)26,24-29(27)28)15-8-10-16(11-9-15)20(21,22)23/h4-11,24H,12H2,1-3H3,(H,25,26)(H,27,28)/p-1. The topological polar surface area (TPSA) is 89.5 Å². The molecule has 0 aliphatic carbocycles. The fourth-order valence-electron chi connectivity index (χ4n) is 3.09. The smallest absolute Gasteiger partial charge is 0.416 e. The number of benzene rings is 2. The minimum atomic E-state index is -4.57. The molecular weight excluding hydrogens is 407 g/mol. The van der Waals surface area contributed by atoms with Gasteiger partial charge in [0, 0.05) is 11.3 Å². The Morgan fingerprint density at radius 2 is 1.31 bits per heavy atom. The van der Waals surface area contributed by atoms with Crippen molar-refractivity contribution in [1.29, 1.82) is 0 Å². The molecule has 0 aliphatic heterocycles. The van der Waals surface area contributed by atoms with E-state index >= 15 is 0 Å². The second kappa shape index (κ2) is 8.25. The predicted octanol–water partition coefficient (Wildman–Crippen LogP) is 4.10. The van der Waals surface area contributed by atoms with Crippen molar-refractivity contribution in [3.63, 3.8) is 0 Å². The van der Waals surface area contributed by atoms with Gasteiger partial charge >= 0.3 is 12.1 Å². The lowest BCUT2D eigenvalue weighted by atomic mass is 9.79. The van der Waals surface area contributed by atoms with Crippen LogP contribution >= 0.6 is 0 Å². The third-order valence-corrected chi connectivity index (χ3v) is 5.14. The Morgan fingerprint density at radius 3 is 1.62 bits per heavy atom. The maximum atomic E-state index is 12.9. The Kier molecular flexibility index (Phi) is 6.56. The highest BCUT2D eigenvalue weighted by Crippen LogP contribution is 2.37. The summed E-state index contributed by atoms with van der Waals surface area (Å²) in [4.78, 5) is 11.6. The number of hydrogen-bond donors (Lipinski definition) is 2. The van der Waals surface area contributed by atoms with Crippen LogP contribution in [0.5, 0.6) is 0 Å². The Labute approximate surface area is 169 Å². The normalized spacial score (nSPS) is 15.6. The van der Waals surface area contributed by atoms with Crippen LogP contribution in [-0.2, 0) is 33.2 Å². The largest absolute Gasteiger partial charge is 0.760 e. The number of rotatable bonds is 6. The molecule has 0 aromatic heterocycles. The quantitative estimate of drug-likeness (QED) is 0.678. The van der Waals surface area contributed by atoms with E-state index in [9.17, 15) is 31.8 Å². The highest BCUT2D eigenvalue weighted by molar-refractivity contribution is 7.77. The van der Waals surface area contributed by atoms with Crippen molar-refractivity contribution in [2.75, 3.05) is 0 Å². The summed E-state index contributed by atoms with van der Waals surface area (Å²) < 4.78 is 64.0. The number of aliphatic carboxylic acids is 1. The zero-order valence-corrected chi connectivity index (χ0v) is 16.9. The molecule has 2 aromatic carbocycles. The monoisotopic (exact) mass is 428 g/mol. The van der Waals surface area contributed by atoms with E-state index in [1.54, 1.807) is 24.3 Å². The number of halogens is 3. The van der Waals surface area contributed by atoms with E-state index in [1.165, 1.54) is 0 Å². The molecule has 2 aromatic rings. The molecule has 2 unspecified atom stereocenters. The number of nitrogens with one attached hydrogen (secondary N) is 1. The summed E-state index contributed by atoms with van der Waals surface area (Å²) in [5.74, 6) is -1.32. The van der Waals surface area contributed by atoms with Gasteiger partial charge in [0.2, 0.25) is 0 Å². The van der Waals surface area contributed by atoms with Gasteiger partial charge in [0.1, 0.15) is 0 Å². The molecule has 9 heteroatoms. The molecule has 2 rings (SSSR count). The van der Waals surface area contributed by atoms with Gasteiger partial charge in [0.05, 0.1) is 17.5 Å². The minimum absolute atomic E-state index is 0.0839. The second-order valence-corrected chi connectivity index (χ2v) is 8.39. The third kappa shape index (κ3) is 5.43. The first-order valence-corrected chi connectivity index (χ1v) is 9.71. The molecule has 2 atom stereocenters. The van der Waals surface area contributed by atoms with E-state index in [1.807, 2.05) is 20.8 Å². The molecule has 0 amide bonds. The van der Waals surface area contributed by atoms with Crippen molar-refractivity contribution in [3.8, 4) is 0 Å². The molecular formula is C20H21F3NO4S-. The average Bonchev–Trinajstić information content (AvgIpc) is 2.59. The van der Waals surface area contributed by atoms with Gasteiger partial charge in [-0.05, 0) is 34.2 Å². The van der Waals surface area contributed by atoms with Gasteiger partial charge < -0.3 is 9.66 Å². The molecule has 0 radical (unpaired) electrons. The fourth-order valence-corrected chi connectivity index (χ4v) is 3.68. The highest BCUT2D eigenvalue weighted by Gasteiger charge is 2.38. The van der Waals surface area contributed by atoms with Crippen LogP contribution in [0.1, 0.15) is 49.4 Å². The fraction of sp³-hybridized carbons (Fsp3) is 0.350. The summed E-state index contributed by atoms with van der Waals surface area (Å²) in [5.41, 5.74) is -1.56. The summed E-state index contributed by atoms with van der Waals surface area (Å²) in [5, 5.41) is 9.43. The van der Waals surface area contributed by atoms with Crippen molar-refractivity contribution >= 4 is 17.2 Å². The molecule has 2 N–H and O–H groups in total. The first-order chi connectivity index (χ1) is 13.3. The SMILES string of the molecule is CC(C)(C)c1ccc(C(CC(=O)O)(NS(=O)[O-])c2ccc(C(F)(F)F)cc2)cc1. The second-order valence-electron chi connectivity index (χ2n) is 7.72. The maximum Gasteiger partial charge on any atom is 0.416 e. The summed E-state index contributed by atoms with van der Waals surface area (Å²) in [6, 6.07) is 10.4. The van der Waals surface area contributed by atoms with Crippen LogP contribution in [0.4, 0.5) is 13.2 Å². The van der Waals surface area contributed by atoms with Crippen molar-refractivity contribution in [3.05, 3.63) is 70.8 Å². The van der Waals surface area contributed by atoms with E-state index in [4.69, 9.17) is 0 Å². The van der Waals surface area contributed by atoms with Crippen LogP contribution in [0.2, 0.25) is 0 Å². The van der Waals surface area contributed by atoms with Crippen LogP contribution in [0.25, 0.3) is 0 Å². The van der Waals surface area contributed by atoms with Crippen molar-refractivity contribution in [1.82, 2.24) is 4.72 Å². The van der Waals surface area contributed by atoms with Crippen molar-refractivity contribution in [2.24, 2.45) is 0 Å². The van der Waals surface area contributed by atoms with E-state index in [2.05, 4.69) is 4.72 Å². The molecule has 158 valence electrons. The van der Waals surface area contributed by atoms with Crippen LogP contribution < -0.4 is 4.72 Å². The molecule has 0 heterocycles. The lowest BCUT2D eigenvalue weighted by Crippen LogP contribution is -2.46. The highest BCUT2D eigenvalue weighted by atomic mass is 32.2. The molecule has 0 fully saturated rings. The van der Waals surface area contributed by atoms with E-state index in [0.717, 1.165) is 29.8 Å². The summed E-state index contributed by atoms with van der Waals surface area (Å²) in [6.07, 6.45) is -5.27. The van der Waals surface area contributed by atoms with Gasteiger partial charge in [-0.2, -0.15) is 13.2 Å². The molecule has 0 saturated heterocycles. The zero-order chi connectivity index (χ0) is 22.0. The number of carbonyl (C=O) groups is 1. The predicted molar refractivity (Wildman–Crippen MR) is 102 cm³/mol. The maximum absolute atomic E-state index is 12.9. The summed E-state index contributed by atoms with van der Waals surface area (Å²) in [6.45, 7) is 5.94. The minimum Gasteiger partial charge on any atom is -0.760 e. The zero-order valence-electron chi connectivity index (χ0n) is 16.0. The Hall–Kier alpha value is -2.23. The number of carboxylic acids is 1. The molecule has 0 aliphatic rings. The molecule has 5 nitrogen and oxygen atoms in total. The van der Waals surface area contributed by atoms with Crippen LogP contribution in [-0.4, -0.2) is 19.8 Å². The lowest BCUT2D eigenvalue weighted by molar-refractivity contribution is -0.139. The number of carboxylic acid groups (broad SMARTS) is 1. The van der Waals surface area contributed by atoms with Crippen LogP contribution in [0.3, 0.4) is 0 Å². The molecule has 0 spiro atoms. The van der Waals surface area contributed by atoms with Crippen LogP contribution in [0, 0.1) is 0 Å². The van der Waals surface area contributed by atoms with Gasteiger partial charge in [0.25, 0.3) is 0 Å². The van der Waals surface area contributed by atoms with Gasteiger partial charge in [0.15, 0.2) is 0 Å². The third-order valence-electron chi connectivity index (χ3n) is 4.62. The van der Waals surface area contributed by atoms with Crippen LogP contribution in [0.15, 0.2) is 48.5 Å². The van der Waals surface area contributed by atoms with Crippen molar-refractivity contribution in [2.45, 2.75) is 44.3 Å². The Balaban J connectivity index is 2.67. The number of hydrogen-bond acceptors (Lipinski definition) is 3.